The Bertz CT molecular complexity index is 584. The van der Waals surface area contributed by atoms with Gasteiger partial charge in [0.15, 0.2) is 0 Å². The van der Waals surface area contributed by atoms with Crippen LogP contribution in [0.15, 0.2) is 42.7 Å². The number of nitrogen functional groups attached to an aromatic ring is 1. The van der Waals surface area contributed by atoms with E-state index in [1.165, 1.54) is 6.20 Å². The lowest BCUT2D eigenvalue weighted by Crippen LogP contribution is -2.16. The number of nitrogens with two attached hydrogens (primary N) is 1. The van der Waals surface area contributed by atoms with Gasteiger partial charge >= 0.3 is 0 Å². The van der Waals surface area contributed by atoms with E-state index < -0.39 is 0 Å². The van der Waals surface area contributed by atoms with Gasteiger partial charge in [0.05, 0.1) is 31.1 Å². The van der Waals surface area contributed by atoms with Gasteiger partial charge in [0, 0.05) is 11.8 Å². The predicted molar refractivity (Wildman–Crippen MR) is 74.0 cm³/mol. The van der Waals surface area contributed by atoms with Gasteiger partial charge < -0.3 is 15.8 Å². The van der Waals surface area contributed by atoms with Crippen molar-refractivity contribution in [2.24, 2.45) is 0 Å². The van der Waals surface area contributed by atoms with E-state index in [2.05, 4.69) is 10.3 Å². The van der Waals surface area contributed by atoms with Crippen LogP contribution in [0.4, 0.5) is 11.4 Å². The fraction of sp³-hybridized carbons (Fsp3) is 0.143. The molecule has 5 heteroatoms. The molecule has 19 heavy (non-hydrogen) atoms. The molecule has 0 saturated carbocycles. The second kappa shape index (κ2) is 5.86. The molecule has 1 heterocycles. The van der Waals surface area contributed by atoms with E-state index in [1.807, 2.05) is 24.3 Å². The van der Waals surface area contributed by atoms with Crippen molar-refractivity contribution in [1.82, 2.24) is 4.98 Å². The number of nitrogens with zero attached hydrogens (tertiary/aromatic N) is 1. The summed E-state index contributed by atoms with van der Waals surface area (Å²) in [5.41, 5.74) is 7.55. The van der Waals surface area contributed by atoms with Gasteiger partial charge in [0.25, 0.3) is 0 Å². The number of para-hydroxylation sites is 1. The quantitative estimate of drug-likeness (QED) is 0.876. The number of aromatic nitrogens is 1. The highest BCUT2D eigenvalue weighted by Gasteiger charge is 2.09. The molecule has 1 amide bonds. The minimum Gasteiger partial charge on any atom is -0.496 e. The number of anilines is 2. The van der Waals surface area contributed by atoms with Crippen LogP contribution in [0.3, 0.4) is 0 Å². The molecular formula is C14H15N3O2. The molecule has 2 aromatic rings. The van der Waals surface area contributed by atoms with Crippen LogP contribution in [0.1, 0.15) is 5.56 Å². The van der Waals surface area contributed by atoms with Crippen molar-refractivity contribution in [3.63, 3.8) is 0 Å². The number of hydrogen-bond donors (Lipinski definition) is 2. The number of carbonyl (C=O) groups excluding carboxylic acids is 1. The zero-order valence-corrected chi connectivity index (χ0v) is 10.6. The van der Waals surface area contributed by atoms with E-state index in [0.29, 0.717) is 17.1 Å². The van der Waals surface area contributed by atoms with Crippen LogP contribution >= 0.6 is 0 Å². The number of benzene rings is 1. The largest absolute Gasteiger partial charge is 0.496 e. The Morgan fingerprint density at radius 1 is 1.37 bits per heavy atom. The van der Waals surface area contributed by atoms with Crippen molar-refractivity contribution in [2.45, 2.75) is 6.42 Å². The van der Waals surface area contributed by atoms with E-state index in [-0.39, 0.29) is 12.3 Å². The molecule has 3 N–H and O–H groups in total. The summed E-state index contributed by atoms with van der Waals surface area (Å²) in [5, 5.41) is 2.75. The molecule has 0 radical (unpaired) electrons. The maximum atomic E-state index is 12.0. The summed E-state index contributed by atoms with van der Waals surface area (Å²) in [6.07, 6.45) is 3.31. The Morgan fingerprint density at radius 3 is 2.89 bits per heavy atom. The molecule has 1 aromatic carbocycles. The molecular weight excluding hydrogens is 242 g/mol. The van der Waals surface area contributed by atoms with Crippen molar-refractivity contribution in [2.75, 3.05) is 18.2 Å². The number of amides is 1. The molecule has 0 spiro atoms. The third-order valence-corrected chi connectivity index (χ3v) is 2.67. The first kappa shape index (κ1) is 12.9. The molecule has 0 atom stereocenters. The Hall–Kier alpha value is -2.56. The van der Waals surface area contributed by atoms with Gasteiger partial charge in [0.1, 0.15) is 5.75 Å². The maximum absolute atomic E-state index is 12.0. The van der Waals surface area contributed by atoms with Crippen molar-refractivity contribution in [3.05, 3.63) is 48.3 Å². The van der Waals surface area contributed by atoms with Gasteiger partial charge in [-0.15, -0.1) is 0 Å². The molecule has 98 valence electrons. The fourth-order valence-electron chi connectivity index (χ4n) is 1.74. The molecule has 1 aromatic heterocycles. The molecule has 0 unspecified atom stereocenters. The topological polar surface area (TPSA) is 77.2 Å². The van der Waals surface area contributed by atoms with Crippen molar-refractivity contribution in [3.8, 4) is 5.75 Å². The van der Waals surface area contributed by atoms with Crippen LogP contribution in [0.25, 0.3) is 0 Å². The van der Waals surface area contributed by atoms with Crippen molar-refractivity contribution < 1.29 is 9.53 Å². The lowest BCUT2D eigenvalue weighted by molar-refractivity contribution is -0.115. The van der Waals surface area contributed by atoms with Crippen molar-refractivity contribution >= 4 is 17.3 Å². The van der Waals surface area contributed by atoms with Crippen LogP contribution in [0, 0.1) is 0 Å². The van der Waals surface area contributed by atoms with E-state index in [4.69, 9.17) is 10.5 Å². The summed E-state index contributed by atoms with van der Waals surface area (Å²) in [5.74, 6) is 0.544. The molecule has 0 saturated heterocycles. The maximum Gasteiger partial charge on any atom is 0.228 e. The fourth-order valence-corrected chi connectivity index (χ4v) is 1.74. The van der Waals surface area contributed by atoms with Crippen LogP contribution in [-0.4, -0.2) is 18.0 Å². The van der Waals surface area contributed by atoms with Crippen LogP contribution in [0.5, 0.6) is 5.75 Å². The molecule has 0 bridgehead atoms. The van der Waals surface area contributed by atoms with E-state index >= 15 is 0 Å². The zero-order chi connectivity index (χ0) is 13.7. The number of rotatable bonds is 4. The summed E-state index contributed by atoms with van der Waals surface area (Å²) in [4.78, 5) is 15.8. The molecule has 5 nitrogen and oxygen atoms in total. The SMILES string of the molecule is COc1ccccc1CC(=O)Nc1ccncc1N. The van der Waals surface area contributed by atoms with E-state index in [9.17, 15) is 4.79 Å². The number of nitrogens with one attached hydrogen (secondary N) is 1. The number of pyridine rings is 1. The summed E-state index contributed by atoms with van der Waals surface area (Å²) in [7, 11) is 1.58. The highest BCUT2D eigenvalue weighted by atomic mass is 16.5. The van der Waals surface area contributed by atoms with Gasteiger partial charge in [-0.25, -0.2) is 0 Å². The summed E-state index contributed by atoms with van der Waals surface area (Å²) in [6, 6.07) is 9.07. The van der Waals surface area contributed by atoms with Gasteiger partial charge in [-0.05, 0) is 12.1 Å². The molecule has 0 aliphatic rings. The molecule has 0 fully saturated rings. The minimum absolute atomic E-state index is 0.151. The minimum atomic E-state index is -0.151. The molecule has 0 aliphatic heterocycles. The third-order valence-electron chi connectivity index (χ3n) is 2.67. The monoisotopic (exact) mass is 257 g/mol. The van der Waals surface area contributed by atoms with E-state index in [1.54, 1.807) is 19.4 Å². The highest BCUT2D eigenvalue weighted by molar-refractivity contribution is 5.95. The first-order valence-electron chi connectivity index (χ1n) is 5.82. The lowest BCUT2D eigenvalue weighted by Gasteiger charge is -2.09. The predicted octanol–water partition coefficient (Wildman–Crippen LogP) is 1.85. The third kappa shape index (κ3) is 3.22. The Kier molecular flexibility index (Phi) is 3.97. The average Bonchev–Trinajstić information content (AvgIpc) is 2.42. The smallest absolute Gasteiger partial charge is 0.228 e. The highest BCUT2D eigenvalue weighted by Crippen LogP contribution is 2.19. The summed E-state index contributed by atoms with van der Waals surface area (Å²) >= 11 is 0. The second-order valence-corrected chi connectivity index (χ2v) is 4.00. The zero-order valence-electron chi connectivity index (χ0n) is 10.6. The Labute approximate surface area is 111 Å². The molecule has 0 aliphatic carbocycles. The lowest BCUT2D eigenvalue weighted by atomic mass is 10.1. The van der Waals surface area contributed by atoms with Gasteiger partial charge in [0.2, 0.25) is 5.91 Å². The van der Waals surface area contributed by atoms with Crippen LogP contribution in [0.2, 0.25) is 0 Å². The first-order chi connectivity index (χ1) is 9.20. The number of ether oxygens (including phenoxy) is 1. The molecule has 2 rings (SSSR count). The van der Waals surface area contributed by atoms with Gasteiger partial charge in [-0.2, -0.15) is 0 Å². The normalized spacial score (nSPS) is 9.95. The van der Waals surface area contributed by atoms with Gasteiger partial charge in [-0.1, -0.05) is 18.2 Å². The standard InChI is InChI=1S/C14H15N3O2/c1-19-13-5-3-2-4-10(13)8-14(18)17-12-6-7-16-9-11(12)15/h2-7,9H,8,15H2,1H3,(H,16,17,18). The van der Waals surface area contributed by atoms with Crippen molar-refractivity contribution in [1.29, 1.82) is 0 Å². The Morgan fingerprint density at radius 2 is 2.16 bits per heavy atom. The van der Waals surface area contributed by atoms with Crippen LogP contribution in [-0.2, 0) is 11.2 Å². The number of methoxy groups -OCH3 is 1. The number of carbonyl (C=O) groups is 1. The van der Waals surface area contributed by atoms with Gasteiger partial charge in [-0.3, -0.25) is 9.78 Å². The average molecular weight is 257 g/mol. The summed E-state index contributed by atoms with van der Waals surface area (Å²) in [6.45, 7) is 0. The summed E-state index contributed by atoms with van der Waals surface area (Å²) < 4.78 is 5.21. The first-order valence-corrected chi connectivity index (χ1v) is 5.82. The van der Waals surface area contributed by atoms with E-state index in [0.717, 1.165) is 5.56 Å². The second-order valence-electron chi connectivity index (χ2n) is 4.00. The number of hydrogen-bond acceptors (Lipinski definition) is 4. The van der Waals surface area contributed by atoms with Crippen LogP contribution < -0.4 is 15.8 Å². The Balaban J connectivity index is 2.08.